The third-order valence-corrected chi connectivity index (χ3v) is 5.22. The highest BCUT2D eigenvalue weighted by molar-refractivity contribution is 5.88. The first-order chi connectivity index (χ1) is 13.5. The van der Waals surface area contributed by atoms with Crippen molar-refractivity contribution >= 4 is 11.8 Å². The van der Waals surface area contributed by atoms with E-state index in [1.807, 2.05) is 50.2 Å². The molecule has 5 nitrogen and oxygen atoms in total. The van der Waals surface area contributed by atoms with E-state index in [1.54, 1.807) is 12.1 Å². The summed E-state index contributed by atoms with van der Waals surface area (Å²) in [6.45, 7) is 4.32. The van der Waals surface area contributed by atoms with Crippen LogP contribution in [0.5, 0.6) is 5.75 Å². The Morgan fingerprint density at radius 1 is 1.00 bits per heavy atom. The summed E-state index contributed by atoms with van der Waals surface area (Å²) in [5.74, 6) is 0.154. The lowest BCUT2D eigenvalue weighted by atomic mass is 9.95. The van der Waals surface area contributed by atoms with Crippen molar-refractivity contribution in [2.75, 3.05) is 13.2 Å². The van der Waals surface area contributed by atoms with Gasteiger partial charge in [-0.2, -0.15) is 0 Å². The molecule has 0 bridgehead atoms. The Morgan fingerprint density at radius 2 is 1.61 bits per heavy atom. The van der Waals surface area contributed by atoms with Crippen molar-refractivity contribution in [1.29, 1.82) is 0 Å². The van der Waals surface area contributed by atoms with Crippen LogP contribution in [0.15, 0.2) is 60.7 Å². The molecule has 2 aromatic carbocycles. The molecule has 5 heteroatoms. The quantitative estimate of drug-likeness (QED) is 0.703. The third-order valence-electron chi connectivity index (χ3n) is 5.22. The predicted octanol–water partition coefficient (Wildman–Crippen LogP) is 3.05. The Balaban J connectivity index is 1.52. The van der Waals surface area contributed by atoms with Crippen LogP contribution < -0.4 is 15.4 Å². The minimum Gasteiger partial charge on any atom is -0.484 e. The molecule has 0 aromatic heterocycles. The first-order valence-corrected chi connectivity index (χ1v) is 9.81. The normalized spacial score (nSPS) is 15.5. The number of hydrogen-bond acceptors (Lipinski definition) is 3. The highest BCUT2D eigenvalue weighted by Crippen LogP contribution is 2.47. The summed E-state index contributed by atoms with van der Waals surface area (Å²) in [4.78, 5) is 25.0. The molecular weight excluding hydrogens is 352 g/mol. The maximum Gasteiger partial charge on any atom is 0.258 e. The lowest BCUT2D eigenvalue weighted by Crippen LogP contribution is -2.52. The van der Waals surface area contributed by atoms with Gasteiger partial charge < -0.3 is 15.4 Å². The molecule has 0 radical (unpaired) electrons. The van der Waals surface area contributed by atoms with E-state index in [2.05, 4.69) is 22.8 Å². The van der Waals surface area contributed by atoms with Crippen LogP contribution in [-0.4, -0.2) is 31.0 Å². The highest BCUT2D eigenvalue weighted by Gasteiger charge is 2.44. The molecule has 1 aliphatic carbocycles. The average Bonchev–Trinajstić information content (AvgIpc) is 3.51. The largest absolute Gasteiger partial charge is 0.484 e. The molecule has 3 rings (SSSR count). The number of amides is 2. The van der Waals surface area contributed by atoms with Crippen molar-refractivity contribution in [3.8, 4) is 5.75 Å². The lowest BCUT2D eigenvalue weighted by Gasteiger charge is -2.24. The zero-order chi connectivity index (χ0) is 20.0. The molecule has 0 spiro atoms. The van der Waals surface area contributed by atoms with Gasteiger partial charge in [0, 0.05) is 12.0 Å². The fraction of sp³-hybridized carbons (Fsp3) is 0.391. The summed E-state index contributed by atoms with van der Waals surface area (Å²) < 4.78 is 5.47. The van der Waals surface area contributed by atoms with Crippen molar-refractivity contribution < 1.29 is 14.3 Å². The van der Waals surface area contributed by atoms with E-state index >= 15 is 0 Å². The fourth-order valence-corrected chi connectivity index (χ4v) is 3.29. The molecule has 1 atom stereocenters. The van der Waals surface area contributed by atoms with Gasteiger partial charge in [-0.1, -0.05) is 62.4 Å². The Hall–Kier alpha value is -2.82. The van der Waals surface area contributed by atoms with Crippen LogP contribution >= 0.6 is 0 Å². The van der Waals surface area contributed by atoms with Crippen LogP contribution in [-0.2, 0) is 15.0 Å². The van der Waals surface area contributed by atoms with Crippen molar-refractivity contribution in [1.82, 2.24) is 10.6 Å². The van der Waals surface area contributed by atoms with E-state index in [4.69, 9.17) is 4.74 Å². The standard InChI is InChI=1S/C23H28N2O3/c1-17(2)21(25-20(26)15-28-19-11-7-4-8-12-19)22(27)24-16-23(13-14-23)18-9-5-3-6-10-18/h3-12,17,21H,13-16H2,1-2H3,(H,24,27)(H,25,26). The molecule has 0 heterocycles. The zero-order valence-electron chi connectivity index (χ0n) is 16.5. The molecule has 2 aromatic rings. The number of carbonyl (C=O) groups is 2. The zero-order valence-corrected chi connectivity index (χ0v) is 16.5. The summed E-state index contributed by atoms with van der Waals surface area (Å²) in [6.07, 6.45) is 2.14. The van der Waals surface area contributed by atoms with Crippen LogP contribution in [0.3, 0.4) is 0 Å². The van der Waals surface area contributed by atoms with Gasteiger partial charge in [0.2, 0.25) is 5.91 Å². The smallest absolute Gasteiger partial charge is 0.258 e. The second-order valence-electron chi connectivity index (χ2n) is 7.76. The molecule has 1 fully saturated rings. The summed E-state index contributed by atoms with van der Waals surface area (Å²) in [5, 5.41) is 5.86. The van der Waals surface area contributed by atoms with Crippen molar-refractivity contribution in [2.45, 2.75) is 38.1 Å². The maximum atomic E-state index is 12.7. The molecule has 1 aliphatic rings. The topological polar surface area (TPSA) is 67.4 Å². The molecule has 0 saturated heterocycles. The molecule has 0 aliphatic heterocycles. The van der Waals surface area contributed by atoms with Crippen LogP contribution in [0.4, 0.5) is 0 Å². The fourth-order valence-electron chi connectivity index (χ4n) is 3.29. The number of para-hydroxylation sites is 1. The highest BCUT2D eigenvalue weighted by atomic mass is 16.5. The summed E-state index contributed by atoms with van der Waals surface area (Å²) in [5.41, 5.74) is 1.30. The van der Waals surface area contributed by atoms with Gasteiger partial charge in [-0.05, 0) is 36.5 Å². The molecule has 28 heavy (non-hydrogen) atoms. The van der Waals surface area contributed by atoms with Gasteiger partial charge in [-0.3, -0.25) is 9.59 Å². The van der Waals surface area contributed by atoms with Gasteiger partial charge in [0.05, 0.1) is 0 Å². The summed E-state index contributed by atoms with van der Waals surface area (Å²) >= 11 is 0. The van der Waals surface area contributed by atoms with E-state index in [1.165, 1.54) is 5.56 Å². The summed E-state index contributed by atoms with van der Waals surface area (Å²) in [7, 11) is 0. The molecule has 1 unspecified atom stereocenters. The van der Waals surface area contributed by atoms with E-state index in [0.717, 1.165) is 12.8 Å². The van der Waals surface area contributed by atoms with Crippen LogP contribution in [0.1, 0.15) is 32.3 Å². The van der Waals surface area contributed by atoms with Crippen molar-refractivity contribution in [2.24, 2.45) is 5.92 Å². The van der Waals surface area contributed by atoms with Crippen LogP contribution in [0, 0.1) is 5.92 Å². The molecule has 2 N–H and O–H groups in total. The van der Waals surface area contributed by atoms with E-state index in [9.17, 15) is 9.59 Å². The monoisotopic (exact) mass is 380 g/mol. The van der Waals surface area contributed by atoms with Gasteiger partial charge in [-0.25, -0.2) is 0 Å². The Labute approximate surface area is 166 Å². The molecule has 2 amide bonds. The Morgan fingerprint density at radius 3 is 2.18 bits per heavy atom. The molecule has 1 saturated carbocycles. The van der Waals surface area contributed by atoms with Crippen LogP contribution in [0.2, 0.25) is 0 Å². The Bertz CT molecular complexity index is 786. The predicted molar refractivity (Wildman–Crippen MR) is 109 cm³/mol. The second kappa shape index (κ2) is 8.91. The van der Waals surface area contributed by atoms with E-state index in [-0.39, 0.29) is 29.8 Å². The first-order valence-electron chi connectivity index (χ1n) is 9.81. The number of ether oxygens (including phenoxy) is 1. The Kier molecular flexibility index (Phi) is 6.34. The first kappa shape index (κ1) is 19.9. The van der Waals surface area contributed by atoms with Crippen molar-refractivity contribution in [3.63, 3.8) is 0 Å². The van der Waals surface area contributed by atoms with E-state index in [0.29, 0.717) is 12.3 Å². The number of nitrogens with one attached hydrogen (secondary N) is 2. The van der Waals surface area contributed by atoms with Crippen molar-refractivity contribution in [3.05, 3.63) is 66.2 Å². The van der Waals surface area contributed by atoms with Gasteiger partial charge in [-0.15, -0.1) is 0 Å². The third kappa shape index (κ3) is 5.12. The molecule has 148 valence electrons. The lowest BCUT2D eigenvalue weighted by molar-refractivity contribution is -0.131. The minimum absolute atomic E-state index is 0.0208. The van der Waals surface area contributed by atoms with Gasteiger partial charge in [0.15, 0.2) is 6.61 Å². The van der Waals surface area contributed by atoms with E-state index < -0.39 is 6.04 Å². The summed E-state index contributed by atoms with van der Waals surface area (Å²) in [6, 6.07) is 18.9. The number of rotatable bonds is 9. The van der Waals surface area contributed by atoms with Gasteiger partial charge in [0.25, 0.3) is 5.91 Å². The number of hydrogen-bond donors (Lipinski definition) is 2. The second-order valence-corrected chi connectivity index (χ2v) is 7.76. The maximum absolute atomic E-state index is 12.7. The van der Waals surface area contributed by atoms with Gasteiger partial charge >= 0.3 is 0 Å². The van der Waals surface area contributed by atoms with Gasteiger partial charge in [0.1, 0.15) is 11.8 Å². The minimum atomic E-state index is -0.585. The number of benzene rings is 2. The average molecular weight is 380 g/mol. The van der Waals surface area contributed by atoms with Crippen LogP contribution in [0.25, 0.3) is 0 Å². The number of carbonyl (C=O) groups excluding carboxylic acids is 2. The SMILES string of the molecule is CC(C)C(NC(=O)COc1ccccc1)C(=O)NCC1(c2ccccc2)CC1. The molecular formula is C23H28N2O3.